The molecule has 0 aromatic heterocycles. The molecule has 1 aliphatic heterocycles. The fourth-order valence-corrected chi connectivity index (χ4v) is 1.89. The van der Waals surface area contributed by atoms with Crippen molar-refractivity contribution in [1.82, 2.24) is 5.32 Å². The first-order valence-electron chi connectivity index (χ1n) is 5.85. The van der Waals surface area contributed by atoms with Gasteiger partial charge in [0.25, 0.3) is 0 Å². The smallest absolute Gasteiger partial charge is 0.315 e. The highest BCUT2D eigenvalue weighted by atomic mass is 19.1. The lowest BCUT2D eigenvalue weighted by atomic mass is 10.0. The molecule has 1 aromatic carbocycles. The number of hydrogen-bond acceptors (Lipinski definition) is 3. The average Bonchev–Trinajstić information content (AvgIpc) is 2.35. The van der Waals surface area contributed by atoms with Crippen LogP contribution in [0.5, 0.6) is 5.75 Å². The van der Waals surface area contributed by atoms with E-state index in [1.165, 1.54) is 6.07 Å². The van der Waals surface area contributed by atoms with Crippen LogP contribution in [0.25, 0.3) is 0 Å². The quantitative estimate of drug-likeness (QED) is 0.632. The van der Waals surface area contributed by atoms with Crippen LogP contribution in [0.3, 0.4) is 0 Å². The third kappa shape index (κ3) is 3.03. The van der Waals surface area contributed by atoms with E-state index in [-0.39, 0.29) is 23.5 Å². The minimum Gasteiger partial charge on any atom is -0.426 e. The lowest BCUT2D eigenvalue weighted by Crippen LogP contribution is -2.36. The third-order valence-electron chi connectivity index (χ3n) is 2.99. The van der Waals surface area contributed by atoms with Gasteiger partial charge in [-0.3, -0.25) is 4.79 Å². The minimum absolute atomic E-state index is 0.117. The molecule has 0 saturated carbocycles. The molecule has 1 heterocycles. The summed E-state index contributed by atoms with van der Waals surface area (Å²) in [5, 5.41) is 3.15. The number of carbonyl (C=O) groups excluding carboxylic acids is 1. The summed E-state index contributed by atoms with van der Waals surface area (Å²) in [5.41, 5.74) is 0.545. The zero-order valence-corrected chi connectivity index (χ0v) is 9.83. The van der Waals surface area contributed by atoms with E-state index in [1.54, 1.807) is 19.1 Å². The molecule has 1 N–H and O–H groups in total. The van der Waals surface area contributed by atoms with Crippen LogP contribution in [0, 0.1) is 18.7 Å². The van der Waals surface area contributed by atoms with Crippen LogP contribution < -0.4 is 10.1 Å². The van der Waals surface area contributed by atoms with E-state index in [0.29, 0.717) is 12.1 Å². The van der Waals surface area contributed by atoms with Crippen molar-refractivity contribution in [3.8, 4) is 5.75 Å². The molecule has 2 rings (SSSR count). The van der Waals surface area contributed by atoms with E-state index in [2.05, 4.69) is 5.32 Å². The molecule has 4 heteroatoms. The van der Waals surface area contributed by atoms with Gasteiger partial charge in [-0.25, -0.2) is 4.39 Å². The standard InChI is InChI=1S/C13H16FNO2/c1-9-4-5-11(7-12(9)14)17-13(16)10-3-2-6-15-8-10/h4-5,7,10,15H,2-3,6,8H2,1H3/t10-/m0/s1. The molecular weight excluding hydrogens is 221 g/mol. The zero-order chi connectivity index (χ0) is 12.3. The highest BCUT2D eigenvalue weighted by Gasteiger charge is 2.22. The fraction of sp³-hybridized carbons (Fsp3) is 0.462. The van der Waals surface area contributed by atoms with Gasteiger partial charge in [-0.05, 0) is 37.9 Å². The molecule has 92 valence electrons. The number of benzene rings is 1. The maximum atomic E-state index is 13.3. The summed E-state index contributed by atoms with van der Waals surface area (Å²) in [6.07, 6.45) is 1.81. The van der Waals surface area contributed by atoms with Gasteiger partial charge in [-0.2, -0.15) is 0 Å². The van der Waals surface area contributed by atoms with Gasteiger partial charge >= 0.3 is 5.97 Å². The summed E-state index contributed by atoms with van der Waals surface area (Å²) in [5.74, 6) is -0.464. The Hall–Kier alpha value is -1.42. The summed E-state index contributed by atoms with van der Waals surface area (Å²) in [6.45, 7) is 3.27. The molecule has 3 nitrogen and oxygen atoms in total. The Morgan fingerprint density at radius 2 is 2.35 bits per heavy atom. The van der Waals surface area contributed by atoms with Crippen LogP contribution in [0.2, 0.25) is 0 Å². The lowest BCUT2D eigenvalue weighted by Gasteiger charge is -2.20. The van der Waals surface area contributed by atoms with Crippen LogP contribution in [-0.4, -0.2) is 19.1 Å². The Balaban J connectivity index is 1.99. The summed E-state index contributed by atoms with van der Waals surface area (Å²) in [7, 11) is 0. The minimum atomic E-state index is -0.350. The average molecular weight is 237 g/mol. The van der Waals surface area contributed by atoms with Crippen molar-refractivity contribution in [3.63, 3.8) is 0 Å². The first-order valence-corrected chi connectivity index (χ1v) is 5.85. The third-order valence-corrected chi connectivity index (χ3v) is 2.99. The number of aryl methyl sites for hydroxylation is 1. The number of halogens is 1. The van der Waals surface area contributed by atoms with Gasteiger partial charge in [0.2, 0.25) is 0 Å². The molecular formula is C13H16FNO2. The number of esters is 1. The van der Waals surface area contributed by atoms with E-state index in [0.717, 1.165) is 19.4 Å². The number of hydrogen-bond donors (Lipinski definition) is 1. The second-order valence-electron chi connectivity index (χ2n) is 4.38. The van der Waals surface area contributed by atoms with E-state index in [9.17, 15) is 9.18 Å². The fourth-order valence-electron chi connectivity index (χ4n) is 1.89. The predicted molar refractivity (Wildman–Crippen MR) is 62.4 cm³/mol. The highest BCUT2D eigenvalue weighted by Crippen LogP contribution is 2.19. The van der Waals surface area contributed by atoms with Gasteiger partial charge in [-0.15, -0.1) is 0 Å². The molecule has 0 amide bonds. The van der Waals surface area contributed by atoms with Crippen LogP contribution >= 0.6 is 0 Å². The van der Waals surface area contributed by atoms with Crippen molar-refractivity contribution in [2.75, 3.05) is 13.1 Å². The first kappa shape index (κ1) is 12.0. The lowest BCUT2D eigenvalue weighted by molar-refractivity contribution is -0.139. The predicted octanol–water partition coefficient (Wildman–Crippen LogP) is 2.04. The summed E-state index contributed by atoms with van der Waals surface area (Å²) in [6, 6.07) is 4.48. The summed E-state index contributed by atoms with van der Waals surface area (Å²) >= 11 is 0. The maximum absolute atomic E-state index is 13.3. The monoisotopic (exact) mass is 237 g/mol. The molecule has 1 atom stereocenters. The number of piperidine rings is 1. The molecule has 0 spiro atoms. The van der Waals surface area contributed by atoms with Crippen molar-refractivity contribution < 1.29 is 13.9 Å². The Bertz CT molecular complexity index is 414. The second-order valence-corrected chi connectivity index (χ2v) is 4.38. The molecule has 1 aliphatic rings. The van der Waals surface area contributed by atoms with E-state index in [1.807, 2.05) is 0 Å². The Kier molecular flexibility index (Phi) is 3.74. The Morgan fingerprint density at radius 1 is 1.53 bits per heavy atom. The van der Waals surface area contributed by atoms with Crippen molar-refractivity contribution in [2.24, 2.45) is 5.92 Å². The van der Waals surface area contributed by atoms with Crippen molar-refractivity contribution >= 4 is 5.97 Å². The second kappa shape index (κ2) is 5.27. The normalized spacial score (nSPS) is 20.0. The largest absolute Gasteiger partial charge is 0.426 e. The highest BCUT2D eigenvalue weighted by molar-refractivity contribution is 5.75. The molecule has 0 bridgehead atoms. The van der Waals surface area contributed by atoms with E-state index >= 15 is 0 Å². The van der Waals surface area contributed by atoms with Crippen molar-refractivity contribution in [2.45, 2.75) is 19.8 Å². The molecule has 0 radical (unpaired) electrons. The van der Waals surface area contributed by atoms with Gasteiger partial charge in [0.1, 0.15) is 11.6 Å². The van der Waals surface area contributed by atoms with Crippen LogP contribution in [-0.2, 0) is 4.79 Å². The summed E-state index contributed by atoms with van der Waals surface area (Å²) < 4.78 is 18.4. The van der Waals surface area contributed by atoms with Crippen molar-refractivity contribution in [3.05, 3.63) is 29.6 Å². The first-order chi connectivity index (χ1) is 8.16. The van der Waals surface area contributed by atoms with Gasteiger partial charge in [0.15, 0.2) is 0 Å². The zero-order valence-electron chi connectivity index (χ0n) is 9.83. The number of carbonyl (C=O) groups is 1. The molecule has 1 fully saturated rings. The van der Waals surface area contributed by atoms with Gasteiger partial charge in [-0.1, -0.05) is 6.07 Å². The van der Waals surface area contributed by atoms with Crippen LogP contribution in [0.4, 0.5) is 4.39 Å². The van der Waals surface area contributed by atoms with Crippen LogP contribution in [0.1, 0.15) is 18.4 Å². The molecule has 0 unspecified atom stereocenters. The summed E-state index contributed by atoms with van der Waals surface area (Å²) in [4.78, 5) is 11.8. The number of nitrogens with one attached hydrogen (secondary N) is 1. The van der Waals surface area contributed by atoms with E-state index in [4.69, 9.17) is 4.74 Å². The Morgan fingerprint density at radius 3 is 3.00 bits per heavy atom. The topological polar surface area (TPSA) is 38.3 Å². The molecule has 0 aliphatic carbocycles. The van der Waals surface area contributed by atoms with E-state index < -0.39 is 0 Å². The molecule has 1 aromatic rings. The van der Waals surface area contributed by atoms with Gasteiger partial charge in [0.05, 0.1) is 5.92 Å². The number of rotatable bonds is 2. The molecule has 1 saturated heterocycles. The van der Waals surface area contributed by atoms with Gasteiger partial charge < -0.3 is 10.1 Å². The van der Waals surface area contributed by atoms with Gasteiger partial charge in [0, 0.05) is 12.6 Å². The van der Waals surface area contributed by atoms with Crippen molar-refractivity contribution in [1.29, 1.82) is 0 Å². The maximum Gasteiger partial charge on any atom is 0.315 e. The Labute approximate surface area is 100.0 Å². The van der Waals surface area contributed by atoms with Crippen LogP contribution in [0.15, 0.2) is 18.2 Å². The molecule has 17 heavy (non-hydrogen) atoms. The SMILES string of the molecule is Cc1ccc(OC(=O)[C@H]2CCCNC2)cc1F. The number of ether oxygens (including phenoxy) is 1.